The zero-order chi connectivity index (χ0) is 15.5. The van der Waals surface area contributed by atoms with Crippen LogP contribution in [0.5, 0.6) is 0 Å². The van der Waals surface area contributed by atoms with Gasteiger partial charge in [-0.2, -0.15) is 0 Å². The molecule has 2 heterocycles. The number of aromatic amines is 1. The van der Waals surface area contributed by atoms with E-state index in [1.807, 2.05) is 24.3 Å². The number of hydrogen-bond acceptors (Lipinski definition) is 3. The lowest BCUT2D eigenvalue weighted by Gasteiger charge is -2.30. The number of benzene rings is 1. The van der Waals surface area contributed by atoms with Crippen LogP contribution in [-0.4, -0.2) is 41.5 Å². The molecule has 3 rings (SSSR count). The van der Waals surface area contributed by atoms with Crippen molar-refractivity contribution in [1.82, 2.24) is 9.88 Å². The molecule has 2 aromatic rings. The average molecular weight is 300 g/mol. The van der Waals surface area contributed by atoms with Crippen LogP contribution in [0.25, 0.3) is 10.9 Å². The summed E-state index contributed by atoms with van der Waals surface area (Å²) >= 11 is 0. The Morgan fingerprint density at radius 3 is 3.00 bits per heavy atom. The second-order valence-corrected chi connectivity index (χ2v) is 5.91. The third-order valence-corrected chi connectivity index (χ3v) is 4.15. The van der Waals surface area contributed by atoms with Gasteiger partial charge in [-0.25, -0.2) is 4.79 Å². The third kappa shape index (κ3) is 2.98. The first-order chi connectivity index (χ1) is 10.6. The normalized spacial score (nSPS) is 18.4. The molecule has 0 aliphatic carbocycles. The summed E-state index contributed by atoms with van der Waals surface area (Å²) in [5, 5.41) is 0.812. The number of rotatable bonds is 3. The van der Waals surface area contributed by atoms with Gasteiger partial charge in [-0.15, -0.1) is 0 Å². The van der Waals surface area contributed by atoms with Crippen molar-refractivity contribution in [2.45, 2.75) is 19.8 Å². The molecule has 0 radical (unpaired) electrons. The number of nitrogens with one attached hydrogen (secondary N) is 1. The fraction of sp³-hybridized carbons (Fsp3) is 0.412. The van der Waals surface area contributed by atoms with E-state index in [1.54, 1.807) is 11.1 Å². The maximum atomic E-state index is 12.2. The van der Waals surface area contributed by atoms with Gasteiger partial charge in [-0.3, -0.25) is 4.79 Å². The quantitative estimate of drug-likeness (QED) is 0.886. The van der Waals surface area contributed by atoms with Gasteiger partial charge in [0.15, 0.2) is 6.61 Å². The number of nitrogens with zero attached hydrogens (tertiary/aromatic N) is 1. The lowest BCUT2D eigenvalue weighted by molar-refractivity contribution is -0.136. The predicted octanol–water partition coefficient (Wildman–Crippen LogP) is 2.58. The molecule has 1 saturated heterocycles. The standard InChI is InChI=1S/C17H20N2O3/c1-12-5-4-8-19(10-12)16(20)11-22-17(21)14-9-18-15-7-3-2-6-13(14)15/h2-3,6-7,9,12,18H,4-5,8,10-11H2,1H3/t12-/m1/s1. The molecule has 1 aromatic heterocycles. The molecule has 5 nitrogen and oxygen atoms in total. The number of carbonyl (C=O) groups excluding carboxylic acids is 2. The maximum Gasteiger partial charge on any atom is 0.340 e. The number of esters is 1. The van der Waals surface area contributed by atoms with E-state index in [1.165, 1.54) is 0 Å². The van der Waals surface area contributed by atoms with Crippen LogP contribution in [0, 0.1) is 5.92 Å². The van der Waals surface area contributed by atoms with Crippen molar-refractivity contribution < 1.29 is 14.3 Å². The molecule has 0 spiro atoms. The molecule has 1 N–H and O–H groups in total. The van der Waals surface area contributed by atoms with Gasteiger partial charge in [-0.05, 0) is 24.8 Å². The molecule has 1 atom stereocenters. The Kier molecular flexibility index (Phi) is 4.13. The molecule has 1 aliphatic rings. The van der Waals surface area contributed by atoms with Crippen LogP contribution in [-0.2, 0) is 9.53 Å². The van der Waals surface area contributed by atoms with E-state index in [-0.39, 0.29) is 12.5 Å². The zero-order valence-electron chi connectivity index (χ0n) is 12.7. The van der Waals surface area contributed by atoms with Gasteiger partial charge in [0.05, 0.1) is 5.56 Å². The Bertz CT molecular complexity index is 692. The highest BCUT2D eigenvalue weighted by atomic mass is 16.5. The van der Waals surface area contributed by atoms with Crippen molar-refractivity contribution in [1.29, 1.82) is 0 Å². The van der Waals surface area contributed by atoms with Crippen molar-refractivity contribution in [3.63, 3.8) is 0 Å². The minimum absolute atomic E-state index is 0.111. The number of ether oxygens (including phenoxy) is 1. The molecule has 1 amide bonds. The van der Waals surface area contributed by atoms with E-state index in [0.29, 0.717) is 11.5 Å². The van der Waals surface area contributed by atoms with Crippen LogP contribution in [0.4, 0.5) is 0 Å². The first-order valence-electron chi connectivity index (χ1n) is 7.66. The molecular formula is C17H20N2O3. The predicted molar refractivity (Wildman–Crippen MR) is 83.6 cm³/mol. The molecule has 1 fully saturated rings. The van der Waals surface area contributed by atoms with Crippen molar-refractivity contribution in [2.75, 3.05) is 19.7 Å². The minimum atomic E-state index is -0.462. The Labute approximate surface area is 129 Å². The second-order valence-electron chi connectivity index (χ2n) is 5.91. The van der Waals surface area contributed by atoms with Crippen LogP contribution in [0.15, 0.2) is 30.5 Å². The van der Waals surface area contributed by atoms with Crippen LogP contribution in [0.1, 0.15) is 30.1 Å². The van der Waals surface area contributed by atoms with Gasteiger partial charge < -0.3 is 14.6 Å². The van der Waals surface area contributed by atoms with E-state index in [2.05, 4.69) is 11.9 Å². The molecular weight excluding hydrogens is 280 g/mol. The van der Waals surface area contributed by atoms with Gasteiger partial charge in [0.25, 0.3) is 5.91 Å². The summed E-state index contributed by atoms with van der Waals surface area (Å²) in [6.45, 7) is 3.46. The lowest BCUT2D eigenvalue weighted by Crippen LogP contribution is -2.41. The SMILES string of the molecule is C[C@@H]1CCCN(C(=O)COC(=O)c2c[nH]c3ccccc23)C1. The van der Waals surface area contributed by atoms with E-state index in [9.17, 15) is 9.59 Å². The van der Waals surface area contributed by atoms with Gasteiger partial charge in [-0.1, -0.05) is 25.1 Å². The average Bonchev–Trinajstić information content (AvgIpc) is 2.96. The fourth-order valence-electron chi connectivity index (χ4n) is 2.95. The highest BCUT2D eigenvalue weighted by molar-refractivity contribution is 6.04. The summed E-state index contributed by atoms with van der Waals surface area (Å²) in [7, 11) is 0. The van der Waals surface area contributed by atoms with E-state index in [4.69, 9.17) is 4.74 Å². The largest absolute Gasteiger partial charge is 0.452 e. The molecule has 5 heteroatoms. The third-order valence-electron chi connectivity index (χ3n) is 4.15. The molecule has 0 unspecified atom stereocenters. The van der Waals surface area contributed by atoms with Gasteiger partial charge >= 0.3 is 5.97 Å². The van der Waals surface area contributed by atoms with Crippen molar-refractivity contribution in [3.8, 4) is 0 Å². The van der Waals surface area contributed by atoms with Crippen LogP contribution in [0.3, 0.4) is 0 Å². The van der Waals surface area contributed by atoms with Crippen LogP contribution in [0.2, 0.25) is 0 Å². The number of likely N-dealkylation sites (tertiary alicyclic amines) is 1. The smallest absolute Gasteiger partial charge is 0.340 e. The Morgan fingerprint density at radius 1 is 1.36 bits per heavy atom. The second kappa shape index (κ2) is 6.22. The number of piperidine rings is 1. The summed E-state index contributed by atoms with van der Waals surface area (Å²) < 4.78 is 5.19. The van der Waals surface area contributed by atoms with Crippen molar-refractivity contribution in [2.24, 2.45) is 5.92 Å². The van der Waals surface area contributed by atoms with Crippen LogP contribution >= 0.6 is 0 Å². The van der Waals surface area contributed by atoms with Gasteiger partial charge in [0.2, 0.25) is 0 Å². The van der Waals surface area contributed by atoms with E-state index >= 15 is 0 Å². The lowest BCUT2D eigenvalue weighted by atomic mass is 10.0. The zero-order valence-corrected chi connectivity index (χ0v) is 12.7. The summed E-state index contributed by atoms with van der Waals surface area (Å²) in [6, 6.07) is 7.52. The van der Waals surface area contributed by atoms with Crippen molar-refractivity contribution in [3.05, 3.63) is 36.0 Å². The molecule has 0 bridgehead atoms. The fourth-order valence-corrected chi connectivity index (χ4v) is 2.95. The Balaban J connectivity index is 1.61. The number of fused-ring (bicyclic) bond motifs is 1. The number of H-pyrrole nitrogens is 1. The number of para-hydroxylation sites is 1. The summed E-state index contributed by atoms with van der Waals surface area (Å²) in [6.07, 6.45) is 3.79. The van der Waals surface area contributed by atoms with Crippen molar-refractivity contribution >= 4 is 22.8 Å². The summed E-state index contributed by atoms with van der Waals surface area (Å²) in [5.74, 6) is -0.0578. The number of carbonyl (C=O) groups is 2. The van der Waals surface area contributed by atoms with E-state index < -0.39 is 5.97 Å². The maximum absolute atomic E-state index is 12.2. The Hall–Kier alpha value is -2.30. The molecule has 116 valence electrons. The highest BCUT2D eigenvalue weighted by Gasteiger charge is 2.22. The number of hydrogen-bond donors (Lipinski definition) is 1. The first-order valence-corrected chi connectivity index (χ1v) is 7.66. The molecule has 1 aromatic carbocycles. The topological polar surface area (TPSA) is 62.4 Å². The highest BCUT2D eigenvalue weighted by Crippen LogP contribution is 2.19. The first kappa shape index (κ1) is 14.6. The van der Waals surface area contributed by atoms with E-state index in [0.717, 1.165) is 36.8 Å². The molecule has 22 heavy (non-hydrogen) atoms. The van der Waals surface area contributed by atoms with Gasteiger partial charge in [0, 0.05) is 30.2 Å². The van der Waals surface area contributed by atoms with Gasteiger partial charge in [0.1, 0.15) is 0 Å². The molecule has 1 aliphatic heterocycles. The monoisotopic (exact) mass is 300 g/mol. The van der Waals surface area contributed by atoms with Crippen LogP contribution < -0.4 is 0 Å². The number of aromatic nitrogens is 1. The molecule has 0 saturated carbocycles. The Morgan fingerprint density at radius 2 is 2.18 bits per heavy atom. The summed E-state index contributed by atoms with van der Waals surface area (Å²) in [5.41, 5.74) is 1.35. The summed E-state index contributed by atoms with van der Waals surface area (Å²) in [4.78, 5) is 29.1. The number of amides is 1. The minimum Gasteiger partial charge on any atom is -0.452 e.